The van der Waals surface area contributed by atoms with E-state index in [2.05, 4.69) is 14.2 Å². The van der Waals surface area contributed by atoms with E-state index in [0.717, 1.165) is 63.8 Å². The van der Waals surface area contributed by atoms with Crippen molar-refractivity contribution in [1.82, 2.24) is 0 Å². The van der Waals surface area contributed by atoms with Gasteiger partial charge in [0.2, 0.25) is 20.4 Å². The third-order valence-corrected chi connectivity index (χ3v) is 9.47. The molecular formula is C42H39F2NO19. The number of rotatable bonds is 16. The Morgan fingerprint density at radius 3 is 1.39 bits per heavy atom. The molecule has 22 heteroatoms. The topological polar surface area (TPSA) is 249 Å². The summed E-state index contributed by atoms with van der Waals surface area (Å²) in [4.78, 5) is 112. The first-order valence-corrected chi connectivity index (χ1v) is 18.8. The van der Waals surface area contributed by atoms with E-state index in [0.29, 0.717) is 0 Å². The van der Waals surface area contributed by atoms with Crippen molar-refractivity contribution in [3.8, 4) is 17.2 Å². The van der Waals surface area contributed by atoms with Crippen molar-refractivity contribution in [3.05, 3.63) is 81.4 Å². The Bertz CT molecular complexity index is 2350. The molecule has 5 rings (SSSR count). The highest BCUT2D eigenvalue weighted by atomic mass is 19.1. The first-order valence-electron chi connectivity index (χ1n) is 18.8. The van der Waals surface area contributed by atoms with Crippen molar-refractivity contribution >= 4 is 59.4 Å². The predicted molar refractivity (Wildman–Crippen MR) is 205 cm³/mol. The molecule has 64 heavy (non-hydrogen) atoms. The molecule has 0 atom stereocenters. The maximum atomic E-state index is 16.1. The molecule has 1 aliphatic carbocycles. The number of benzene rings is 3. The Labute approximate surface area is 361 Å². The molecule has 2 aliphatic rings. The van der Waals surface area contributed by atoms with Crippen molar-refractivity contribution in [3.63, 3.8) is 0 Å². The third-order valence-electron chi connectivity index (χ3n) is 9.47. The molecule has 0 fully saturated rings. The fourth-order valence-electron chi connectivity index (χ4n) is 6.86. The van der Waals surface area contributed by atoms with Gasteiger partial charge in [0.1, 0.15) is 18.8 Å². The summed E-state index contributed by atoms with van der Waals surface area (Å²) < 4.78 is 83.3. The third kappa shape index (κ3) is 10.3. The number of carbonyl (C=O) groups excluding carboxylic acids is 9. The van der Waals surface area contributed by atoms with Gasteiger partial charge in [-0.05, 0) is 47.5 Å². The number of hydrogen-bond donors (Lipinski definition) is 0. The van der Waals surface area contributed by atoms with Crippen LogP contribution in [0.5, 0.6) is 17.2 Å². The Morgan fingerprint density at radius 1 is 0.547 bits per heavy atom. The highest BCUT2D eigenvalue weighted by Crippen LogP contribution is 2.59. The molecule has 1 heterocycles. The van der Waals surface area contributed by atoms with E-state index in [1.807, 2.05) is 0 Å². The van der Waals surface area contributed by atoms with Crippen molar-refractivity contribution in [2.75, 3.05) is 45.0 Å². The molecule has 0 aromatic heterocycles. The van der Waals surface area contributed by atoms with Gasteiger partial charge in [-0.3, -0.25) is 33.6 Å². The van der Waals surface area contributed by atoms with Crippen LogP contribution in [0.2, 0.25) is 0 Å². The maximum absolute atomic E-state index is 16.1. The van der Waals surface area contributed by atoms with Gasteiger partial charge >= 0.3 is 53.7 Å². The van der Waals surface area contributed by atoms with Crippen LogP contribution in [-0.4, -0.2) is 93.8 Å². The number of halogens is 2. The lowest BCUT2D eigenvalue weighted by atomic mass is 9.61. The van der Waals surface area contributed by atoms with Crippen LogP contribution in [0, 0.1) is 11.6 Å². The molecule has 0 saturated heterocycles. The second kappa shape index (κ2) is 19.2. The van der Waals surface area contributed by atoms with Crippen LogP contribution < -0.4 is 19.1 Å². The average Bonchev–Trinajstić information content (AvgIpc) is 3.47. The number of fused-ring (bicyclic) bond motifs is 6. The van der Waals surface area contributed by atoms with E-state index in [1.165, 1.54) is 12.1 Å². The van der Waals surface area contributed by atoms with Crippen LogP contribution in [0.3, 0.4) is 0 Å². The standard InChI is InChI=1S/C42H39F2NO19/c1-20(46)56-17-59-37(51)14-45(15-38(52)60-18-57-21(2)47)33-8-25-26(11-36(33)55-16-39(53)61-19-58-22(3)48)42(64-40(25)54)29-9-31(43)34(62-23(4)49)12-27(29)41(6,7)28-13-35(63-24(5)50)32(44)10-30(28)42/h8-13H,14-19H2,1-7H3. The summed E-state index contributed by atoms with van der Waals surface area (Å²) in [5.74, 6) is -12.4. The van der Waals surface area contributed by atoms with Gasteiger partial charge in [-0.25, -0.2) is 18.4 Å². The lowest BCUT2D eigenvalue weighted by molar-refractivity contribution is -0.168. The lowest BCUT2D eigenvalue weighted by Gasteiger charge is -2.44. The van der Waals surface area contributed by atoms with E-state index < -0.39 is 134 Å². The monoisotopic (exact) mass is 899 g/mol. The van der Waals surface area contributed by atoms with Gasteiger partial charge in [0.15, 0.2) is 35.3 Å². The first kappa shape index (κ1) is 47.4. The summed E-state index contributed by atoms with van der Waals surface area (Å²) >= 11 is 0. The van der Waals surface area contributed by atoms with E-state index >= 15 is 8.78 Å². The lowest BCUT2D eigenvalue weighted by Crippen LogP contribution is -2.42. The fourth-order valence-corrected chi connectivity index (χ4v) is 6.86. The minimum absolute atomic E-state index is 0.107. The molecule has 1 aliphatic heterocycles. The van der Waals surface area contributed by atoms with Crippen molar-refractivity contribution in [1.29, 1.82) is 0 Å². The van der Waals surface area contributed by atoms with Crippen molar-refractivity contribution in [2.24, 2.45) is 0 Å². The Balaban J connectivity index is 1.78. The van der Waals surface area contributed by atoms with Crippen molar-refractivity contribution in [2.45, 2.75) is 59.5 Å². The molecular weight excluding hydrogens is 860 g/mol. The van der Waals surface area contributed by atoms with Crippen LogP contribution in [0.25, 0.3) is 0 Å². The maximum Gasteiger partial charge on any atom is 0.347 e. The zero-order valence-corrected chi connectivity index (χ0v) is 35.2. The molecule has 0 amide bonds. The van der Waals surface area contributed by atoms with Crippen molar-refractivity contribution < 1.29 is 99.3 Å². The predicted octanol–water partition coefficient (Wildman–Crippen LogP) is 3.29. The second-order valence-electron chi connectivity index (χ2n) is 14.4. The molecule has 20 nitrogen and oxygen atoms in total. The van der Waals surface area contributed by atoms with Crippen LogP contribution >= 0.6 is 0 Å². The van der Waals surface area contributed by atoms with Gasteiger partial charge in [0.05, 0.1) is 11.3 Å². The van der Waals surface area contributed by atoms with Crippen LogP contribution in [0.4, 0.5) is 14.5 Å². The number of esters is 9. The molecule has 0 N–H and O–H groups in total. The minimum atomic E-state index is -2.30. The normalized spacial score (nSPS) is 13.4. The smallest absolute Gasteiger partial charge is 0.347 e. The SMILES string of the molecule is CC(=O)OCOC(=O)COc1cc2c(cc1N(CC(=O)OCOC(C)=O)CC(=O)OCOC(C)=O)C(=O)OC21c2cc(F)c(OC(C)=O)cc2C(C)(C)c2cc(OC(C)=O)c(F)cc21. The van der Waals surface area contributed by atoms with Gasteiger partial charge < -0.3 is 52.3 Å². The number of nitrogens with zero attached hydrogens (tertiary/aromatic N) is 1. The van der Waals surface area contributed by atoms with Crippen LogP contribution in [0.15, 0.2) is 36.4 Å². The summed E-state index contributed by atoms with van der Waals surface area (Å²) in [5, 5.41) is 0. The summed E-state index contributed by atoms with van der Waals surface area (Å²) in [5.41, 5.74) is -4.31. The highest BCUT2D eigenvalue weighted by molar-refractivity contribution is 5.99. The van der Waals surface area contributed by atoms with E-state index in [-0.39, 0.29) is 39.1 Å². The van der Waals surface area contributed by atoms with Gasteiger partial charge in [0.25, 0.3) is 0 Å². The number of hydrogen-bond acceptors (Lipinski definition) is 20. The molecule has 0 radical (unpaired) electrons. The summed E-state index contributed by atoms with van der Waals surface area (Å²) in [6.45, 7) is 3.23. The molecule has 3 aromatic rings. The summed E-state index contributed by atoms with van der Waals surface area (Å²) in [6.07, 6.45) is 0. The zero-order chi connectivity index (χ0) is 47.3. The molecule has 340 valence electrons. The van der Waals surface area contributed by atoms with E-state index in [9.17, 15) is 43.2 Å². The Kier molecular flexibility index (Phi) is 14.2. The first-order chi connectivity index (χ1) is 30.0. The number of carbonyl (C=O) groups is 9. The minimum Gasteiger partial charge on any atom is -0.480 e. The molecule has 0 bridgehead atoms. The molecule has 1 spiro atoms. The van der Waals surface area contributed by atoms with E-state index in [1.54, 1.807) is 13.8 Å². The molecule has 3 aromatic carbocycles. The quantitative estimate of drug-likeness (QED) is 0.0866. The second-order valence-corrected chi connectivity index (χ2v) is 14.4. The van der Waals surface area contributed by atoms with Gasteiger partial charge in [-0.1, -0.05) is 13.8 Å². The van der Waals surface area contributed by atoms with E-state index in [4.69, 9.17) is 33.2 Å². The molecule has 0 unspecified atom stereocenters. The zero-order valence-electron chi connectivity index (χ0n) is 35.2. The van der Waals surface area contributed by atoms with Crippen LogP contribution in [0.1, 0.15) is 86.6 Å². The Hall–Kier alpha value is -7.65. The fraction of sp³-hybridized carbons (Fsp3) is 0.357. The Morgan fingerprint density at radius 2 is 0.969 bits per heavy atom. The summed E-state index contributed by atoms with van der Waals surface area (Å²) in [7, 11) is 0. The van der Waals surface area contributed by atoms with Gasteiger partial charge in [-0.2, -0.15) is 0 Å². The largest absolute Gasteiger partial charge is 0.480 e. The average molecular weight is 900 g/mol. The summed E-state index contributed by atoms with van der Waals surface area (Å²) in [6, 6.07) is 6.41. The van der Waals surface area contributed by atoms with Gasteiger partial charge in [0, 0.05) is 56.7 Å². The molecule has 0 saturated carbocycles. The van der Waals surface area contributed by atoms with Gasteiger partial charge in [-0.15, -0.1) is 0 Å². The highest BCUT2D eigenvalue weighted by Gasteiger charge is 2.57. The number of ether oxygens (including phenoxy) is 10. The van der Waals surface area contributed by atoms with Crippen LogP contribution in [-0.2, 0) is 82.5 Å². The number of anilines is 1.